The zero-order valence-electron chi connectivity index (χ0n) is 10.9. The van der Waals surface area contributed by atoms with Crippen molar-refractivity contribution in [1.29, 1.82) is 0 Å². The Kier molecular flexibility index (Phi) is 4.37. The smallest absolute Gasteiger partial charge is 0.224 e. The first-order chi connectivity index (χ1) is 8.72. The second kappa shape index (κ2) is 6.01. The molecule has 2 rings (SSSR count). The predicted molar refractivity (Wildman–Crippen MR) is 71.5 cm³/mol. The first-order valence-electron chi connectivity index (χ1n) is 6.73. The number of amides is 1. The standard InChI is InChI=1S/C15H21NO2/c1-2-14(10-17)16-15(18)9-11-6-7-12-4-3-5-13(12)8-11/h6-8,14,17H,2-5,9-10H2,1H3,(H,16,18). The Labute approximate surface area is 108 Å². The summed E-state index contributed by atoms with van der Waals surface area (Å²) in [5, 5.41) is 11.9. The van der Waals surface area contributed by atoms with E-state index in [2.05, 4.69) is 17.4 Å². The van der Waals surface area contributed by atoms with E-state index in [1.54, 1.807) is 0 Å². The molecule has 1 aromatic carbocycles. The molecule has 1 atom stereocenters. The van der Waals surface area contributed by atoms with E-state index in [-0.39, 0.29) is 18.6 Å². The number of carbonyl (C=O) groups excluding carboxylic acids is 1. The number of aryl methyl sites for hydroxylation is 2. The Morgan fingerprint density at radius 1 is 1.39 bits per heavy atom. The summed E-state index contributed by atoms with van der Waals surface area (Å²) in [6.07, 6.45) is 4.70. The summed E-state index contributed by atoms with van der Waals surface area (Å²) in [5.41, 5.74) is 3.90. The lowest BCUT2D eigenvalue weighted by Gasteiger charge is -2.14. The number of hydrogen-bond acceptors (Lipinski definition) is 2. The van der Waals surface area contributed by atoms with Crippen molar-refractivity contribution in [3.63, 3.8) is 0 Å². The van der Waals surface area contributed by atoms with Crippen LogP contribution in [0.1, 0.15) is 36.5 Å². The third kappa shape index (κ3) is 3.10. The minimum atomic E-state index is -0.119. The third-order valence-electron chi connectivity index (χ3n) is 3.61. The van der Waals surface area contributed by atoms with Gasteiger partial charge in [0, 0.05) is 0 Å². The van der Waals surface area contributed by atoms with Crippen molar-refractivity contribution in [3.8, 4) is 0 Å². The van der Waals surface area contributed by atoms with E-state index in [9.17, 15) is 4.79 Å². The van der Waals surface area contributed by atoms with Gasteiger partial charge in [-0.3, -0.25) is 4.79 Å². The Bertz CT molecular complexity index is 425. The fraction of sp³-hybridized carbons (Fsp3) is 0.533. The van der Waals surface area contributed by atoms with Crippen molar-refractivity contribution in [2.24, 2.45) is 0 Å². The van der Waals surface area contributed by atoms with Gasteiger partial charge in [-0.1, -0.05) is 25.1 Å². The Morgan fingerprint density at radius 3 is 2.89 bits per heavy atom. The molecule has 0 aromatic heterocycles. The van der Waals surface area contributed by atoms with Crippen molar-refractivity contribution in [2.75, 3.05) is 6.61 Å². The summed E-state index contributed by atoms with van der Waals surface area (Å²) in [5.74, 6) is -0.00570. The molecule has 0 heterocycles. The first kappa shape index (κ1) is 13.1. The molecule has 98 valence electrons. The van der Waals surface area contributed by atoms with E-state index in [4.69, 9.17) is 5.11 Å². The number of nitrogens with one attached hydrogen (secondary N) is 1. The molecule has 0 radical (unpaired) electrons. The number of aliphatic hydroxyl groups excluding tert-OH is 1. The van der Waals surface area contributed by atoms with Gasteiger partial charge >= 0.3 is 0 Å². The van der Waals surface area contributed by atoms with Crippen molar-refractivity contribution in [1.82, 2.24) is 5.32 Å². The van der Waals surface area contributed by atoms with Crippen LogP contribution in [0.3, 0.4) is 0 Å². The lowest BCUT2D eigenvalue weighted by atomic mass is 10.0. The van der Waals surface area contributed by atoms with Crippen LogP contribution >= 0.6 is 0 Å². The Hall–Kier alpha value is -1.35. The Balaban J connectivity index is 1.95. The molecular formula is C15H21NO2. The zero-order valence-corrected chi connectivity index (χ0v) is 10.9. The maximum Gasteiger partial charge on any atom is 0.224 e. The molecule has 0 saturated heterocycles. The van der Waals surface area contributed by atoms with Crippen LogP contribution in [0.25, 0.3) is 0 Å². The maximum absolute atomic E-state index is 11.8. The third-order valence-corrected chi connectivity index (χ3v) is 3.61. The molecule has 0 fully saturated rings. The van der Waals surface area contributed by atoms with Crippen molar-refractivity contribution in [3.05, 3.63) is 34.9 Å². The highest BCUT2D eigenvalue weighted by Gasteiger charge is 2.13. The quantitative estimate of drug-likeness (QED) is 0.830. The first-order valence-corrected chi connectivity index (χ1v) is 6.73. The highest BCUT2D eigenvalue weighted by atomic mass is 16.3. The molecule has 1 aromatic rings. The van der Waals surface area contributed by atoms with Gasteiger partial charge in [0.2, 0.25) is 5.91 Å². The van der Waals surface area contributed by atoms with Gasteiger partial charge in [-0.15, -0.1) is 0 Å². The number of aliphatic hydroxyl groups is 1. The largest absolute Gasteiger partial charge is 0.394 e. The van der Waals surface area contributed by atoms with E-state index in [0.29, 0.717) is 6.42 Å². The van der Waals surface area contributed by atoms with Gasteiger partial charge in [-0.05, 0) is 42.4 Å². The van der Waals surface area contributed by atoms with Crippen LogP contribution in [0.15, 0.2) is 18.2 Å². The Morgan fingerprint density at radius 2 is 2.17 bits per heavy atom. The highest BCUT2D eigenvalue weighted by molar-refractivity contribution is 5.79. The topological polar surface area (TPSA) is 49.3 Å². The lowest BCUT2D eigenvalue weighted by Crippen LogP contribution is -2.37. The molecule has 18 heavy (non-hydrogen) atoms. The van der Waals surface area contributed by atoms with Crippen molar-refractivity contribution in [2.45, 2.75) is 45.1 Å². The number of carbonyl (C=O) groups is 1. The molecule has 1 aliphatic carbocycles. The van der Waals surface area contributed by atoms with Gasteiger partial charge < -0.3 is 10.4 Å². The molecule has 0 saturated carbocycles. The molecule has 1 aliphatic rings. The van der Waals surface area contributed by atoms with Crippen molar-refractivity contribution >= 4 is 5.91 Å². The summed E-state index contributed by atoms with van der Waals surface area (Å²) in [6, 6.07) is 6.23. The summed E-state index contributed by atoms with van der Waals surface area (Å²) in [7, 11) is 0. The molecular weight excluding hydrogens is 226 g/mol. The molecule has 1 amide bonds. The zero-order chi connectivity index (χ0) is 13.0. The fourth-order valence-electron chi connectivity index (χ4n) is 2.48. The van der Waals surface area contributed by atoms with Crippen LogP contribution in [0.2, 0.25) is 0 Å². The second-order valence-corrected chi connectivity index (χ2v) is 4.99. The van der Waals surface area contributed by atoms with Gasteiger partial charge in [0.05, 0.1) is 19.1 Å². The lowest BCUT2D eigenvalue weighted by molar-refractivity contribution is -0.121. The van der Waals surface area contributed by atoms with Crippen LogP contribution in [0.5, 0.6) is 0 Å². The fourth-order valence-corrected chi connectivity index (χ4v) is 2.48. The minimum absolute atomic E-state index is 0.00570. The summed E-state index contributed by atoms with van der Waals surface area (Å²) in [6.45, 7) is 1.96. The molecule has 3 heteroatoms. The molecule has 0 spiro atoms. The van der Waals surface area contributed by atoms with Gasteiger partial charge in [0.1, 0.15) is 0 Å². The monoisotopic (exact) mass is 247 g/mol. The van der Waals surface area contributed by atoms with Gasteiger partial charge in [0.25, 0.3) is 0 Å². The number of rotatable bonds is 5. The average molecular weight is 247 g/mol. The molecule has 3 nitrogen and oxygen atoms in total. The SMILES string of the molecule is CCC(CO)NC(=O)Cc1ccc2c(c1)CCC2. The van der Waals surface area contributed by atoms with E-state index in [1.165, 1.54) is 24.0 Å². The summed E-state index contributed by atoms with van der Waals surface area (Å²) >= 11 is 0. The van der Waals surface area contributed by atoms with Gasteiger partial charge in [0.15, 0.2) is 0 Å². The summed E-state index contributed by atoms with van der Waals surface area (Å²) in [4.78, 5) is 11.8. The van der Waals surface area contributed by atoms with Gasteiger partial charge in [-0.25, -0.2) is 0 Å². The van der Waals surface area contributed by atoms with E-state index >= 15 is 0 Å². The van der Waals surface area contributed by atoms with E-state index in [0.717, 1.165) is 18.4 Å². The molecule has 1 unspecified atom stereocenters. The minimum Gasteiger partial charge on any atom is -0.394 e. The number of fused-ring (bicyclic) bond motifs is 1. The number of hydrogen-bond donors (Lipinski definition) is 2. The summed E-state index contributed by atoms with van der Waals surface area (Å²) < 4.78 is 0. The van der Waals surface area contributed by atoms with Crippen LogP contribution in [-0.4, -0.2) is 23.7 Å². The normalized spacial score (nSPS) is 15.2. The maximum atomic E-state index is 11.8. The predicted octanol–water partition coefficient (Wildman–Crippen LogP) is 1.60. The highest BCUT2D eigenvalue weighted by Crippen LogP contribution is 2.22. The average Bonchev–Trinajstić information content (AvgIpc) is 2.83. The van der Waals surface area contributed by atoms with E-state index in [1.807, 2.05) is 13.0 Å². The molecule has 2 N–H and O–H groups in total. The van der Waals surface area contributed by atoms with Crippen LogP contribution in [-0.2, 0) is 24.1 Å². The van der Waals surface area contributed by atoms with Crippen LogP contribution < -0.4 is 5.32 Å². The van der Waals surface area contributed by atoms with Crippen LogP contribution in [0, 0.1) is 0 Å². The second-order valence-electron chi connectivity index (χ2n) is 4.99. The van der Waals surface area contributed by atoms with E-state index < -0.39 is 0 Å². The van der Waals surface area contributed by atoms with Gasteiger partial charge in [-0.2, -0.15) is 0 Å². The molecule has 0 aliphatic heterocycles. The van der Waals surface area contributed by atoms with Crippen LogP contribution in [0.4, 0.5) is 0 Å². The number of benzene rings is 1. The van der Waals surface area contributed by atoms with Crippen molar-refractivity contribution < 1.29 is 9.90 Å². The molecule has 0 bridgehead atoms.